The van der Waals surface area contributed by atoms with Crippen LogP contribution >= 0.6 is 0 Å². The van der Waals surface area contributed by atoms with Gasteiger partial charge in [-0.3, -0.25) is 9.52 Å². The van der Waals surface area contributed by atoms with Gasteiger partial charge in [-0.1, -0.05) is 24.3 Å². The van der Waals surface area contributed by atoms with Crippen LogP contribution in [0.15, 0.2) is 77.7 Å². The lowest BCUT2D eigenvalue weighted by Crippen LogP contribution is -2.16. The molecule has 3 rings (SSSR count). The molecule has 1 amide bonds. The second kappa shape index (κ2) is 8.79. The van der Waals surface area contributed by atoms with Crippen molar-refractivity contribution in [2.75, 3.05) is 16.6 Å². The van der Waals surface area contributed by atoms with E-state index in [0.717, 1.165) is 5.75 Å². The van der Waals surface area contributed by atoms with Crippen LogP contribution in [0.1, 0.15) is 22.8 Å². The van der Waals surface area contributed by atoms with Crippen LogP contribution in [-0.4, -0.2) is 20.9 Å². The lowest BCUT2D eigenvalue weighted by Gasteiger charge is -2.13. The second-order valence-corrected chi connectivity index (χ2v) is 8.04. The number of hydrogen-bond donors (Lipinski definition) is 2. The van der Waals surface area contributed by atoms with E-state index in [1.807, 2.05) is 6.92 Å². The van der Waals surface area contributed by atoms with Gasteiger partial charge >= 0.3 is 0 Å². The molecule has 0 fully saturated rings. The van der Waals surface area contributed by atoms with Crippen molar-refractivity contribution in [1.82, 2.24) is 0 Å². The van der Waals surface area contributed by atoms with Crippen molar-refractivity contribution >= 4 is 27.3 Å². The molecule has 7 heteroatoms. The van der Waals surface area contributed by atoms with E-state index in [-0.39, 0.29) is 10.8 Å². The summed E-state index contributed by atoms with van der Waals surface area (Å²) in [6.07, 6.45) is 0. The predicted octanol–water partition coefficient (Wildman–Crippen LogP) is 4.45. The van der Waals surface area contributed by atoms with Crippen LogP contribution in [0, 0.1) is 6.92 Å². The number of sulfonamides is 1. The molecule has 0 unspecified atom stereocenters. The molecule has 0 aliphatic heterocycles. The van der Waals surface area contributed by atoms with Gasteiger partial charge in [-0.15, -0.1) is 0 Å². The SMILES string of the molecule is CCOc1ccc(NC(=O)c2ccc(C)c(NS(=O)(=O)c3ccccc3)c2)cc1. The minimum absolute atomic E-state index is 0.156. The molecule has 0 heterocycles. The zero-order valence-corrected chi connectivity index (χ0v) is 17.0. The quantitative estimate of drug-likeness (QED) is 0.603. The molecule has 0 spiro atoms. The molecular formula is C22H22N2O4S. The maximum absolute atomic E-state index is 12.6. The molecule has 2 N–H and O–H groups in total. The molecule has 3 aromatic carbocycles. The first-order valence-corrected chi connectivity index (χ1v) is 10.6. The highest BCUT2D eigenvalue weighted by molar-refractivity contribution is 7.92. The molecule has 0 saturated carbocycles. The van der Waals surface area contributed by atoms with Gasteiger partial charge in [-0.05, 0) is 67.9 Å². The van der Waals surface area contributed by atoms with Crippen LogP contribution < -0.4 is 14.8 Å². The molecular weight excluding hydrogens is 388 g/mol. The molecule has 0 aromatic heterocycles. The Labute approximate surface area is 170 Å². The number of amides is 1. The Hall–Kier alpha value is -3.32. The largest absolute Gasteiger partial charge is 0.494 e. The Morgan fingerprint density at radius 1 is 0.966 bits per heavy atom. The summed E-state index contributed by atoms with van der Waals surface area (Å²) in [5, 5.41) is 2.80. The van der Waals surface area contributed by atoms with Crippen LogP contribution in [0.25, 0.3) is 0 Å². The number of nitrogens with one attached hydrogen (secondary N) is 2. The van der Waals surface area contributed by atoms with E-state index >= 15 is 0 Å². The van der Waals surface area contributed by atoms with Gasteiger partial charge in [0.15, 0.2) is 0 Å². The van der Waals surface area contributed by atoms with E-state index in [1.165, 1.54) is 18.2 Å². The first-order chi connectivity index (χ1) is 13.9. The van der Waals surface area contributed by atoms with E-state index in [4.69, 9.17) is 4.74 Å². The van der Waals surface area contributed by atoms with Crippen molar-refractivity contribution in [2.45, 2.75) is 18.7 Å². The van der Waals surface area contributed by atoms with Crippen molar-refractivity contribution in [2.24, 2.45) is 0 Å². The number of rotatable bonds is 7. The van der Waals surface area contributed by atoms with Gasteiger partial charge in [-0.25, -0.2) is 8.42 Å². The number of ether oxygens (including phenoxy) is 1. The van der Waals surface area contributed by atoms with E-state index < -0.39 is 10.0 Å². The topological polar surface area (TPSA) is 84.5 Å². The average Bonchev–Trinajstić information content (AvgIpc) is 2.72. The summed E-state index contributed by atoms with van der Waals surface area (Å²) < 4.78 is 33.1. The van der Waals surface area contributed by atoms with Crippen LogP contribution in [0.2, 0.25) is 0 Å². The molecule has 0 radical (unpaired) electrons. The molecule has 0 aliphatic rings. The number of benzene rings is 3. The van der Waals surface area contributed by atoms with Gasteiger partial charge < -0.3 is 10.1 Å². The maximum atomic E-state index is 12.6. The normalized spacial score (nSPS) is 11.0. The minimum atomic E-state index is -3.74. The fourth-order valence-electron chi connectivity index (χ4n) is 2.68. The monoisotopic (exact) mass is 410 g/mol. The molecule has 6 nitrogen and oxygen atoms in total. The predicted molar refractivity (Wildman–Crippen MR) is 114 cm³/mol. The first-order valence-electron chi connectivity index (χ1n) is 9.12. The Balaban J connectivity index is 1.78. The summed E-state index contributed by atoms with van der Waals surface area (Å²) in [5.41, 5.74) is 2.02. The second-order valence-electron chi connectivity index (χ2n) is 6.36. The van der Waals surface area contributed by atoms with Crippen molar-refractivity contribution in [1.29, 1.82) is 0 Å². The lowest BCUT2D eigenvalue weighted by molar-refractivity contribution is 0.102. The number of hydrogen-bond acceptors (Lipinski definition) is 4. The fourth-order valence-corrected chi connectivity index (χ4v) is 3.82. The zero-order valence-electron chi connectivity index (χ0n) is 16.2. The minimum Gasteiger partial charge on any atom is -0.494 e. The van der Waals surface area contributed by atoms with Gasteiger partial charge in [0.2, 0.25) is 0 Å². The number of carbonyl (C=O) groups is 1. The van der Waals surface area contributed by atoms with Crippen LogP contribution in [-0.2, 0) is 10.0 Å². The van der Waals surface area contributed by atoms with Gasteiger partial charge in [0, 0.05) is 11.3 Å². The van der Waals surface area contributed by atoms with Crippen LogP contribution in [0.3, 0.4) is 0 Å². The smallest absolute Gasteiger partial charge is 0.261 e. The summed E-state index contributed by atoms with van der Waals surface area (Å²) in [4.78, 5) is 12.8. The molecule has 0 bridgehead atoms. The fraction of sp³-hybridized carbons (Fsp3) is 0.136. The molecule has 3 aromatic rings. The standard InChI is InChI=1S/C22H22N2O4S/c1-3-28-19-13-11-18(12-14-19)23-22(25)17-10-9-16(2)21(15-17)24-29(26,27)20-7-5-4-6-8-20/h4-15,24H,3H2,1-2H3,(H,23,25). The van der Waals surface area contributed by atoms with Crippen molar-refractivity contribution in [3.63, 3.8) is 0 Å². The number of carbonyl (C=O) groups excluding carboxylic acids is 1. The average molecular weight is 410 g/mol. The lowest BCUT2D eigenvalue weighted by atomic mass is 10.1. The molecule has 0 aliphatic carbocycles. The van der Waals surface area contributed by atoms with Crippen LogP contribution in [0.5, 0.6) is 5.75 Å². The summed E-state index contributed by atoms with van der Waals surface area (Å²) in [5.74, 6) is 0.382. The molecule has 0 saturated heterocycles. The van der Waals surface area contributed by atoms with Gasteiger partial charge in [0.1, 0.15) is 5.75 Å². The van der Waals surface area contributed by atoms with E-state index in [0.29, 0.717) is 29.1 Å². The molecule has 29 heavy (non-hydrogen) atoms. The van der Waals surface area contributed by atoms with Gasteiger partial charge in [0.05, 0.1) is 17.2 Å². The Kier molecular flexibility index (Phi) is 6.19. The third kappa shape index (κ3) is 5.14. The highest BCUT2D eigenvalue weighted by atomic mass is 32.2. The maximum Gasteiger partial charge on any atom is 0.261 e. The number of aryl methyl sites for hydroxylation is 1. The zero-order chi connectivity index (χ0) is 20.9. The highest BCUT2D eigenvalue weighted by Gasteiger charge is 2.16. The summed E-state index contributed by atoms with van der Waals surface area (Å²) >= 11 is 0. The van der Waals surface area contributed by atoms with E-state index in [9.17, 15) is 13.2 Å². The van der Waals surface area contributed by atoms with Crippen molar-refractivity contribution < 1.29 is 17.9 Å². The third-order valence-electron chi connectivity index (χ3n) is 4.22. The van der Waals surface area contributed by atoms with Crippen LogP contribution in [0.4, 0.5) is 11.4 Å². The van der Waals surface area contributed by atoms with Crippen molar-refractivity contribution in [3.05, 3.63) is 83.9 Å². The Morgan fingerprint density at radius 2 is 1.66 bits per heavy atom. The van der Waals surface area contributed by atoms with E-state index in [2.05, 4.69) is 10.0 Å². The third-order valence-corrected chi connectivity index (χ3v) is 5.60. The summed E-state index contributed by atoms with van der Waals surface area (Å²) in [7, 11) is -3.74. The van der Waals surface area contributed by atoms with Gasteiger partial charge in [-0.2, -0.15) is 0 Å². The number of anilines is 2. The Morgan fingerprint density at radius 3 is 2.31 bits per heavy atom. The molecule has 0 atom stereocenters. The van der Waals surface area contributed by atoms with E-state index in [1.54, 1.807) is 61.5 Å². The molecule has 150 valence electrons. The first kappa shape index (κ1) is 20.4. The summed E-state index contributed by atoms with van der Waals surface area (Å²) in [6.45, 7) is 4.24. The van der Waals surface area contributed by atoms with Crippen molar-refractivity contribution in [3.8, 4) is 5.75 Å². The Bertz CT molecular complexity index is 1100. The van der Waals surface area contributed by atoms with Gasteiger partial charge in [0.25, 0.3) is 15.9 Å². The highest BCUT2D eigenvalue weighted by Crippen LogP contribution is 2.22. The summed E-state index contributed by atoms with van der Waals surface area (Å²) in [6, 6.07) is 20.0.